The van der Waals surface area contributed by atoms with Crippen LogP contribution in [0.3, 0.4) is 0 Å². The number of nitrogens with zero attached hydrogens (tertiary/aromatic N) is 4. The molecule has 1 aliphatic heterocycles. The van der Waals surface area contributed by atoms with Crippen molar-refractivity contribution in [2.45, 2.75) is 13.0 Å². The lowest BCUT2D eigenvalue weighted by atomic mass is 10.0. The Kier molecular flexibility index (Phi) is 4.88. The van der Waals surface area contributed by atoms with Crippen LogP contribution < -0.4 is 15.5 Å². The van der Waals surface area contributed by atoms with Crippen LogP contribution in [0, 0.1) is 0 Å². The van der Waals surface area contributed by atoms with E-state index in [1.54, 1.807) is 17.7 Å². The van der Waals surface area contributed by atoms with Gasteiger partial charge in [-0.2, -0.15) is 0 Å². The predicted octanol–water partition coefficient (Wildman–Crippen LogP) is 4.00. The van der Waals surface area contributed by atoms with Gasteiger partial charge in [0.2, 0.25) is 5.91 Å². The third-order valence-corrected chi connectivity index (χ3v) is 6.35. The highest BCUT2D eigenvalue weighted by atomic mass is 35.5. The van der Waals surface area contributed by atoms with Crippen LogP contribution in [-0.4, -0.2) is 40.5 Å². The fourth-order valence-electron chi connectivity index (χ4n) is 3.75. The van der Waals surface area contributed by atoms with E-state index in [1.807, 2.05) is 34.5 Å². The van der Waals surface area contributed by atoms with Crippen LogP contribution in [0.25, 0.3) is 21.1 Å². The van der Waals surface area contributed by atoms with Gasteiger partial charge >= 0.3 is 0 Å². The van der Waals surface area contributed by atoms with Crippen LogP contribution in [-0.2, 0) is 4.79 Å². The number of hydrogen-bond acceptors (Lipinski definition) is 7. The van der Waals surface area contributed by atoms with Crippen molar-refractivity contribution >= 4 is 61.6 Å². The summed E-state index contributed by atoms with van der Waals surface area (Å²) in [6, 6.07) is 9.77. The average molecular weight is 439 g/mol. The maximum Gasteiger partial charge on any atom is 0.239 e. The van der Waals surface area contributed by atoms with Crippen molar-refractivity contribution in [1.82, 2.24) is 20.3 Å². The Morgan fingerprint density at radius 3 is 3.07 bits per heavy atom. The number of para-hydroxylation sites is 1. The Hall–Kier alpha value is -2.97. The van der Waals surface area contributed by atoms with E-state index in [-0.39, 0.29) is 18.5 Å². The Labute approximate surface area is 182 Å². The summed E-state index contributed by atoms with van der Waals surface area (Å²) in [5, 5.41) is 10.9. The lowest BCUT2D eigenvalue weighted by molar-refractivity contribution is -0.120. The summed E-state index contributed by atoms with van der Waals surface area (Å²) in [4.78, 5) is 28.6. The van der Waals surface area contributed by atoms with Crippen molar-refractivity contribution in [3.8, 4) is 0 Å². The molecule has 4 heterocycles. The van der Waals surface area contributed by atoms with Crippen molar-refractivity contribution in [3.05, 3.63) is 52.6 Å². The number of anilines is 2. The molecule has 0 saturated carbocycles. The van der Waals surface area contributed by atoms with Gasteiger partial charge in [-0.25, -0.2) is 15.0 Å². The highest BCUT2D eigenvalue weighted by Gasteiger charge is 2.24. The highest BCUT2D eigenvalue weighted by molar-refractivity contribution is 7.16. The zero-order chi connectivity index (χ0) is 20.7. The van der Waals surface area contributed by atoms with Crippen molar-refractivity contribution in [3.63, 3.8) is 0 Å². The Balaban J connectivity index is 1.60. The molecule has 2 N–H and O–H groups in total. The van der Waals surface area contributed by atoms with Crippen molar-refractivity contribution < 1.29 is 4.79 Å². The van der Waals surface area contributed by atoms with E-state index in [1.165, 1.54) is 0 Å². The Morgan fingerprint density at radius 1 is 1.30 bits per heavy atom. The zero-order valence-electron chi connectivity index (χ0n) is 16.2. The van der Waals surface area contributed by atoms with E-state index in [0.29, 0.717) is 18.1 Å². The van der Waals surface area contributed by atoms with E-state index in [0.717, 1.165) is 38.3 Å². The van der Waals surface area contributed by atoms with Crippen LogP contribution in [0.2, 0.25) is 5.02 Å². The molecule has 0 aliphatic carbocycles. The number of amides is 1. The lowest BCUT2D eigenvalue weighted by Gasteiger charge is -2.31. The Morgan fingerprint density at radius 2 is 2.20 bits per heavy atom. The molecule has 1 saturated heterocycles. The van der Waals surface area contributed by atoms with Crippen molar-refractivity contribution in [2.24, 2.45) is 0 Å². The largest absolute Gasteiger partial charge is 0.363 e. The molecule has 1 amide bonds. The number of hydrogen-bond donors (Lipinski definition) is 2. The van der Waals surface area contributed by atoms with Gasteiger partial charge in [0.05, 0.1) is 28.5 Å². The van der Waals surface area contributed by atoms with E-state index in [2.05, 4.69) is 33.6 Å². The summed E-state index contributed by atoms with van der Waals surface area (Å²) in [7, 11) is 0. The first-order valence-corrected chi connectivity index (χ1v) is 10.9. The van der Waals surface area contributed by atoms with Crippen LogP contribution in [0.5, 0.6) is 0 Å². The summed E-state index contributed by atoms with van der Waals surface area (Å²) < 4.78 is 0. The van der Waals surface area contributed by atoms with Crippen molar-refractivity contribution in [1.29, 1.82) is 0 Å². The molecule has 3 aromatic heterocycles. The van der Waals surface area contributed by atoms with Gasteiger partial charge in [0.25, 0.3) is 0 Å². The Bertz CT molecular complexity index is 1260. The lowest BCUT2D eigenvalue weighted by Crippen LogP contribution is -2.48. The summed E-state index contributed by atoms with van der Waals surface area (Å²) in [6.45, 7) is 3.62. The molecular weight excluding hydrogens is 420 g/mol. The maximum absolute atomic E-state index is 12.0. The second kappa shape index (κ2) is 7.70. The first-order valence-electron chi connectivity index (χ1n) is 9.66. The maximum atomic E-state index is 12.0. The third-order valence-electron chi connectivity index (χ3n) is 5.22. The molecule has 5 rings (SSSR count). The smallest absolute Gasteiger partial charge is 0.239 e. The fraction of sp³-hybridized carbons (Fsp3) is 0.238. The number of rotatable bonds is 4. The van der Waals surface area contributed by atoms with E-state index >= 15 is 0 Å². The molecule has 0 radical (unpaired) electrons. The summed E-state index contributed by atoms with van der Waals surface area (Å²) in [5.74, 6) is 1.54. The molecule has 9 heteroatoms. The average Bonchev–Trinajstić information content (AvgIpc) is 3.23. The number of piperazine rings is 1. The minimum Gasteiger partial charge on any atom is -0.363 e. The number of aromatic nitrogens is 3. The van der Waals surface area contributed by atoms with Crippen LogP contribution in [0.4, 0.5) is 11.6 Å². The molecule has 7 nitrogen and oxygen atoms in total. The topological polar surface area (TPSA) is 83.0 Å². The molecule has 1 aromatic carbocycles. The molecule has 152 valence electrons. The second-order valence-electron chi connectivity index (χ2n) is 7.21. The summed E-state index contributed by atoms with van der Waals surface area (Å²) in [6.07, 6.45) is 1.57. The van der Waals surface area contributed by atoms with Gasteiger partial charge in [0.1, 0.15) is 22.8 Å². The van der Waals surface area contributed by atoms with Gasteiger partial charge in [-0.3, -0.25) is 4.79 Å². The van der Waals surface area contributed by atoms with Gasteiger partial charge in [-0.1, -0.05) is 23.7 Å². The second-order valence-corrected chi connectivity index (χ2v) is 8.51. The number of fused-ring (bicyclic) bond motifs is 2. The van der Waals surface area contributed by atoms with Gasteiger partial charge in [-0.15, -0.1) is 11.3 Å². The first-order chi connectivity index (χ1) is 14.6. The minimum atomic E-state index is -0.0983. The number of carbonyl (C=O) groups is 1. The standard InChI is InChI=1S/C21H19ClN6OS/c1-12(26-19-14-5-8-30-21(14)25-11-24-19)15-9-13-3-2-4-16(22)18(13)27-20(15)28-7-6-23-17(29)10-28/h2-5,8-9,11-12H,6-7,10H2,1H3,(H,23,29)(H,24,25,26). The molecule has 1 aliphatic rings. The number of carbonyl (C=O) groups excluding carboxylic acids is 1. The molecule has 0 spiro atoms. The zero-order valence-corrected chi connectivity index (χ0v) is 17.8. The molecule has 1 fully saturated rings. The van der Waals surface area contributed by atoms with Gasteiger partial charge in [0, 0.05) is 24.0 Å². The number of thiophene rings is 1. The summed E-state index contributed by atoms with van der Waals surface area (Å²) >= 11 is 8.00. The SMILES string of the molecule is CC(Nc1ncnc2sccc12)c1cc2cccc(Cl)c2nc1N1CCNC(=O)C1. The molecule has 4 aromatic rings. The monoisotopic (exact) mass is 438 g/mol. The molecule has 0 bridgehead atoms. The van der Waals surface area contributed by atoms with Crippen molar-refractivity contribution in [2.75, 3.05) is 29.9 Å². The molecule has 1 atom stereocenters. The molecular formula is C21H19ClN6OS. The first kappa shape index (κ1) is 19.0. The summed E-state index contributed by atoms with van der Waals surface area (Å²) in [5.41, 5.74) is 1.72. The van der Waals surface area contributed by atoms with E-state index in [9.17, 15) is 4.79 Å². The third kappa shape index (κ3) is 3.42. The number of pyridine rings is 1. The van der Waals surface area contributed by atoms with Crippen LogP contribution in [0.1, 0.15) is 18.5 Å². The normalized spacial score (nSPS) is 15.4. The number of halogens is 1. The van der Waals surface area contributed by atoms with Gasteiger partial charge in [-0.05, 0) is 30.5 Å². The number of benzene rings is 1. The van der Waals surface area contributed by atoms with E-state index < -0.39 is 0 Å². The van der Waals surface area contributed by atoms with Crippen LogP contribution in [0.15, 0.2) is 42.0 Å². The van der Waals surface area contributed by atoms with Gasteiger partial charge < -0.3 is 15.5 Å². The molecule has 1 unspecified atom stereocenters. The number of nitrogens with one attached hydrogen (secondary N) is 2. The molecule has 30 heavy (non-hydrogen) atoms. The van der Waals surface area contributed by atoms with E-state index in [4.69, 9.17) is 16.6 Å². The quantitative estimate of drug-likeness (QED) is 0.501. The minimum absolute atomic E-state index is 0.00958. The van der Waals surface area contributed by atoms with Gasteiger partial charge in [0.15, 0.2) is 0 Å². The van der Waals surface area contributed by atoms with Crippen LogP contribution >= 0.6 is 22.9 Å². The predicted molar refractivity (Wildman–Crippen MR) is 121 cm³/mol. The highest BCUT2D eigenvalue weighted by Crippen LogP contribution is 2.34. The fourth-order valence-corrected chi connectivity index (χ4v) is 4.71.